The van der Waals surface area contributed by atoms with Gasteiger partial charge in [0.15, 0.2) is 11.5 Å². The fraction of sp³-hybridized carbons (Fsp3) is 0.312. The van der Waals surface area contributed by atoms with Gasteiger partial charge < -0.3 is 20.1 Å². The van der Waals surface area contributed by atoms with Crippen molar-refractivity contribution in [3.05, 3.63) is 35.7 Å². The molecule has 0 radical (unpaired) electrons. The van der Waals surface area contributed by atoms with E-state index in [0.717, 1.165) is 5.69 Å². The first kappa shape index (κ1) is 15.9. The summed E-state index contributed by atoms with van der Waals surface area (Å²) < 4.78 is 12.5. The molecule has 3 rings (SSSR count). The predicted octanol–water partition coefficient (Wildman–Crippen LogP) is 0.868. The molecule has 2 heterocycles. The second-order valence-electron chi connectivity index (χ2n) is 5.38. The maximum absolute atomic E-state index is 12.0. The molecule has 2 amide bonds. The Morgan fingerprint density at radius 1 is 1.21 bits per heavy atom. The van der Waals surface area contributed by atoms with Crippen LogP contribution in [0.3, 0.4) is 0 Å². The van der Waals surface area contributed by atoms with Gasteiger partial charge in [0, 0.05) is 24.5 Å². The van der Waals surface area contributed by atoms with Crippen LogP contribution in [-0.2, 0) is 11.8 Å². The number of nitrogens with zero attached hydrogens (tertiary/aromatic N) is 2. The molecule has 0 spiro atoms. The first-order valence-electron chi connectivity index (χ1n) is 7.51. The van der Waals surface area contributed by atoms with Crippen LogP contribution < -0.4 is 20.1 Å². The average molecular weight is 330 g/mol. The zero-order chi connectivity index (χ0) is 17.1. The minimum absolute atomic E-state index is 0.150. The third-order valence-corrected chi connectivity index (χ3v) is 3.58. The highest BCUT2D eigenvalue weighted by Crippen LogP contribution is 2.32. The summed E-state index contributed by atoms with van der Waals surface area (Å²) in [4.78, 5) is 23.9. The van der Waals surface area contributed by atoms with Crippen molar-refractivity contribution >= 4 is 17.5 Å². The van der Waals surface area contributed by atoms with Gasteiger partial charge in [-0.1, -0.05) is 0 Å². The largest absolute Gasteiger partial charge is 0.486 e. The topological polar surface area (TPSA) is 94.5 Å². The fourth-order valence-corrected chi connectivity index (χ4v) is 2.25. The van der Waals surface area contributed by atoms with Gasteiger partial charge in [-0.25, -0.2) is 0 Å². The van der Waals surface area contributed by atoms with Gasteiger partial charge >= 0.3 is 0 Å². The number of fused-ring (bicyclic) bond motifs is 1. The van der Waals surface area contributed by atoms with Crippen LogP contribution in [0.25, 0.3) is 0 Å². The van der Waals surface area contributed by atoms with Crippen LogP contribution in [0, 0.1) is 6.92 Å². The van der Waals surface area contributed by atoms with Crippen LogP contribution in [0.5, 0.6) is 11.5 Å². The molecule has 0 aliphatic carbocycles. The summed E-state index contributed by atoms with van der Waals surface area (Å²) in [5.74, 6) is 0.508. The number of nitrogens with one attached hydrogen (secondary N) is 2. The zero-order valence-electron chi connectivity index (χ0n) is 13.5. The van der Waals surface area contributed by atoms with E-state index in [1.54, 1.807) is 36.0 Å². The summed E-state index contributed by atoms with van der Waals surface area (Å²) in [7, 11) is 1.75. The molecule has 2 N–H and O–H groups in total. The molecule has 126 valence electrons. The maximum atomic E-state index is 12.0. The van der Waals surface area contributed by atoms with Crippen molar-refractivity contribution in [2.45, 2.75) is 6.92 Å². The van der Waals surface area contributed by atoms with Gasteiger partial charge in [-0.2, -0.15) is 5.10 Å². The number of rotatable bonds is 4. The number of ether oxygens (including phenoxy) is 2. The van der Waals surface area contributed by atoms with Gasteiger partial charge in [-0.05, 0) is 25.1 Å². The Labute approximate surface area is 138 Å². The standard InChI is InChI=1S/C16H18N4O4/c1-10-7-12(19-20(10)2)16(22)17-9-15(21)18-11-3-4-13-14(8-11)24-6-5-23-13/h3-4,7-8H,5-6,9H2,1-2H3,(H,17,22)(H,18,21). The van der Waals surface area contributed by atoms with Crippen LogP contribution in [0.1, 0.15) is 16.2 Å². The molecule has 1 aromatic carbocycles. The molecule has 0 saturated heterocycles. The fourth-order valence-electron chi connectivity index (χ4n) is 2.25. The van der Waals surface area contributed by atoms with Crippen LogP contribution in [-0.4, -0.2) is 41.4 Å². The quantitative estimate of drug-likeness (QED) is 0.867. The summed E-state index contributed by atoms with van der Waals surface area (Å²) in [6, 6.07) is 6.80. The van der Waals surface area contributed by atoms with E-state index in [-0.39, 0.29) is 18.1 Å². The molecule has 24 heavy (non-hydrogen) atoms. The molecule has 0 bridgehead atoms. The zero-order valence-corrected chi connectivity index (χ0v) is 13.5. The van der Waals surface area contributed by atoms with Gasteiger partial charge in [0.25, 0.3) is 5.91 Å². The van der Waals surface area contributed by atoms with Gasteiger partial charge in [0.1, 0.15) is 18.9 Å². The van der Waals surface area contributed by atoms with Crippen molar-refractivity contribution in [1.82, 2.24) is 15.1 Å². The lowest BCUT2D eigenvalue weighted by molar-refractivity contribution is -0.115. The number of amides is 2. The van der Waals surface area contributed by atoms with E-state index in [9.17, 15) is 9.59 Å². The van der Waals surface area contributed by atoms with Gasteiger partial charge in [-0.3, -0.25) is 14.3 Å². The summed E-state index contributed by atoms with van der Waals surface area (Å²) in [6.07, 6.45) is 0. The molecular weight excluding hydrogens is 312 g/mol. The minimum Gasteiger partial charge on any atom is -0.486 e. The van der Waals surface area contributed by atoms with Gasteiger partial charge in [0.05, 0.1) is 6.54 Å². The third kappa shape index (κ3) is 3.48. The number of carbonyl (C=O) groups is 2. The third-order valence-electron chi connectivity index (χ3n) is 3.58. The molecule has 0 atom stereocenters. The van der Waals surface area contributed by atoms with Crippen molar-refractivity contribution in [1.29, 1.82) is 0 Å². The highest BCUT2D eigenvalue weighted by Gasteiger charge is 2.14. The predicted molar refractivity (Wildman–Crippen MR) is 86.3 cm³/mol. The molecule has 1 aliphatic rings. The Bertz CT molecular complexity index is 765. The number of carbonyl (C=O) groups excluding carboxylic acids is 2. The molecule has 0 fully saturated rings. The van der Waals surface area contributed by atoms with E-state index >= 15 is 0 Å². The molecule has 0 unspecified atom stereocenters. The number of hydrogen-bond donors (Lipinski definition) is 2. The molecular formula is C16H18N4O4. The highest BCUT2D eigenvalue weighted by molar-refractivity contribution is 5.98. The van der Waals surface area contributed by atoms with E-state index in [0.29, 0.717) is 30.4 Å². The number of hydrogen-bond acceptors (Lipinski definition) is 5. The van der Waals surface area contributed by atoms with Crippen molar-refractivity contribution in [2.24, 2.45) is 7.05 Å². The normalized spacial score (nSPS) is 12.6. The Morgan fingerprint density at radius 3 is 2.67 bits per heavy atom. The molecule has 2 aromatic rings. The van der Waals surface area contributed by atoms with E-state index in [1.807, 2.05) is 6.92 Å². The number of aryl methyl sites for hydroxylation is 2. The highest BCUT2D eigenvalue weighted by atomic mass is 16.6. The Balaban J connectivity index is 1.55. The summed E-state index contributed by atoms with van der Waals surface area (Å²) >= 11 is 0. The molecule has 8 nitrogen and oxygen atoms in total. The van der Waals surface area contributed by atoms with Crippen molar-refractivity contribution in [3.63, 3.8) is 0 Å². The molecule has 8 heteroatoms. The lowest BCUT2D eigenvalue weighted by atomic mass is 10.2. The van der Waals surface area contributed by atoms with E-state index in [2.05, 4.69) is 15.7 Å². The van der Waals surface area contributed by atoms with Gasteiger partial charge in [0.2, 0.25) is 5.91 Å². The second kappa shape index (κ2) is 6.61. The molecule has 0 saturated carbocycles. The van der Waals surface area contributed by atoms with Crippen LogP contribution in [0.15, 0.2) is 24.3 Å². The van der Waals surface area contributed by atoms with Crippen molar-refractivity contribution in [2.75, 3.05) is 25.1 Å². The Kier molecular flexibility index (Phi) is 4.37. The first-order valence-corrected chi connectivity index (χ1v) is 7.51. The summed E-state index contributed by atoms with van der Waals surface area (Å²) in [5.41, 5.74) is 1.72. The smallest absolute Gasteiger partial charge is 0.272 e. The Morgan fingerprint density at radius 2 is 1.96 bits per heavy atom. The SMILES string of the molecule is Cc1cc(C(=O)NCC(=O)Nc2ccc3c(c2)OCCO3)nn1C. The van der Waals surface area contributed by atoms with Crippen LogP contribution >= 0.6 is 0 Å². The number of benzene rings is 1. The van der Waals surface area contributed by atoms with Crippen molar-refractivity contribution < 1.29 is 19.1 Å². The first-order chi connectivity index (χ1) is 11.5. The Hall–Kier alpha value is -3.03. The lowest BCUT2D eigenvalue weighted by Crippen LogP contribution is -2.33. The van der Waals surface area contributed by atoms with Crippen molar-refractivity contribution in [3.8, 4) is 11.5 Å². The molecule has 1 aliphatic heterocycles. The summed E-state index contributed by atoms with van der Waals surface area (Å²) in [6.45, 7) is 2.68. The van der Waals surface area contributed by atoms with E-state index in [4.69, 9.17) is 9.47 Å². The maximum Gasteiger partial charge on any atom is 0.272 e. The van der Waals surface area contributed by atoms with Gasteiger partial charge in [-0.15, -0.1) is 0 Å². The van der Waals surface area contributed by atoms with E-state index in [1.165, 1.54) is 0 Å². The summed E-state index contributed by atoms with van der Waals surface area (Å²) in [5, 5.41) is 9.30. The average Bonchev–Trinajstić information content (AvgIpc) is 2.92. The van der Waals surface area contributed by atoms with Crippen LogP contribution in [0.2, 0.25) is 0 Å². The van der Waals surface area contributed by atoms with E-state index < -0.39 is 5.91 Å². The minimum atomic E-state index is -0.393. The number of anilines is 1. The lowest BCUT2D eigenvalue weighted by Gasteiger charge is -2.19. The molecule has 1 aromatic heterocycles. The number of aromatic nitrogens is 2. The van der Waals surface area contributed by atoms with Crippen LogP contribution in [0.4, 0.5) is 5.69 Å². The monoisotopic (exact) mass is 330 g/mol. The second-order valence-corrected chi connectivity index (χ2v) is 5.38.